The van der Waals surface area contributed by atoms with Crippen molar-refractivity contribution in [3.8, 4) is 17.0 Å². The second kappa shape index (κ2) is 9.24. The van der Waals surface area contributed by atoms with Gasteiger partial charge in [0.05, 0.1) is 11.4 Å². The number of nitrogens with one attached hydrogen (secondary N) is 2. The summed E-state index contributed by atoms with van der Waals surface area (Å²) in [5.41, 5.74) is 1.52. The summed E-state index contributed by atoms with van der Waals surface area (Å²) in [6, 6.07) is 16.7. The molecule has 3 N–H and O–H groups in total. The molecule has 29 heavy (non-hydrogen) atoms. The SMILES string of the molecule is OCCCNc1nc(Nc2ccccc2OC(F)(F)F)cc(-c2ccccc2)n1. The zero-order valence-corrected chi connectivity index (χ0v) is 15.3. The molecule has 152 valence electrons. The zero-order valence-electron chi connectivity index (χ0n) is 15.3. The van der Waals surface area contributed by atoms with Crippen LogP contribution in [0.2, 0.25) is 0 Å². The molecule has 2 aromatic carbocycles. The van der Waals surface area contributed by atoms with Crippen LogP contribution in [0.25, 0.3) is 11.3 Å². The third-order valence-electron chi connectivity index (χ3n) is 3.79. The number of rotatable bonds is 8. The minimum atomic E-state index is -4.81. The Labute approximate surface area is 165 Å². The third kappa shape index (κ3) is 6.08. The number of aromatic nitrogens is 2. The lowest BCUT2D eigenvalue weighted by molar-refractivity contribution is -0.274. The molecular weight excluding hydrogens is 385 g/mol. The molecule has 3 rings (SSSR count). The Morgan fingerprint density at radius 3 is 2.41 bits per heavy atom. The number of hydrogen-bond acceptors (Lipinski definition) is 6. The fourth-order valence-electron chi connectivity index (χ4n) is 2.55. The highest BCUT2D eigenvalue weighted by atomic mass is 19.4. The summed E-state index contributed by atoms with van der Waals surface area (Å²) >= 11 is 0. The van der Waals surface area contributed by atoms with Crippen molar-refractivity contribution < 1.29 is 23.0 Å². The number of nitrogens with zero attached hydrogens (tertiary/aromatic N) is 2. The molecule has 6 nitrogen and oxygen atoms in total. The highest BCUT2D eigenvalue weighted by Gasteiger charge is 2.32. The standard InChI is InChI=1S/C20H19F3N4O2/c21-20(22,23)29-17-10-5-4-9-15(17)25-18-13-16(14-7-2-1-3-8-14)26-19(27-18)24-11-6-12-28/h1-5,7-10,13,28H,6,11-12H2,(H2,24,25,26,27). The Hall–Kier alpha value is -3.33. The third-order valence-corrected chi connectivity index (χ3v) is 3.79. The summed E-state index contributed by atoms with van der Waals surface area (Å²) in [5, 5.41) is 14.8. The van der Waals surface area contributed by atoms with Crippen LogP contribution in [-0.4, -0.2) is 34.6 Å². The van der Waals surface area contributed by atoms with Gasteiger partial charge in [-0.3, -0.25) is 0 Å². The van der Waals surface area contributed by atoms with Crippen LogP contribution in [0.1, 0.15) is 6.42 Å². The molecule has 0 radical (unpaired) electrons. The van der Waals surface area contributed by atoms with Gasteiger partial charge in [-0.15, -0.1) is 13.2 Å². The summed E-state index contributed by atoms with van der Waals surface area (Å²) in [7, 11) is 0. The first-order valence-electron chi connectivity index (χ1n) is 8.85. The van der Waals surface area contributed by atoms with E-state index in [9.17, 15) is 13.2 Å². The van der Waals surface area contributed by atoms with Crippen molar-refractivity contribution in [2.75, 3.05) is 23.8 Å². The van der Waals surface area contributed by atoms with Gasteiger partial charge in [-0.1, -0.05) is 42.5 Å². The molecule has 0 amide bonds. The molecule has 1 heterocycles. The maximum Gasteiger partial charge on any atom is 0.573 e. The molecule has 3 aromatic rings. The molecule has 0 aliphatic heterocycles. The lowest BCUT2D eigenvalue weighted by Crippen LogP contribution is -2.18. The molecule has 0 atom stereocenters. The van der Waals surface area contributed by atoms with Crippen LogP contribution in [0.15, 0.2) is 60.7 Å². The summed E-state index contributed by atoms with van der Waals surface area (Å²) in [4.78, 5) is 8.76. The number of halogens is 3. The normalized spacial score (nSPS) is 11.2. The van der Waals surface area contributed by atoms with Gasteiger partial charge in [0.2, 0.25) is 5.95 Å². The maximum atomic E-state index is 12.7. The minimum absolute atomic E-state index is 0.0125. The van der Waals surface area contributed by atoms with Crippen LogP contribution >= 0.6 is 0 Å². The average molecular weight is 404 g/mol. The van der Waals surface area contributed by atoms with Crippen LogP contribution in [0.5, 0.6) is 5.75 Å². The Kier molecular flexibility index (Phi) is 6.50. The van der Waals surface area contributed by atoms with E-state index in [1.165, 1.54) is 18.2 Å². The average Bonchev–Trinajstić information content (AvgIpc) is 2.69. The fourth-order valence-corrected chi connectivity index (χ4v) is 2.55. The van der Waals surface area contributed by atoms with Crippen LogP contribution in [0.4, 0.5) is 30.6 Å². The van der Waals surface area contributed by atoms with Gasteiger partial charge >= 0.3 is 6.36 Å². The predicted octanol–water partition coefficient (Wildman–Crippen LogP) is 4.58. The topological polar surface area (TPSA) is 79.3 Å². The van der Waals surface area contributed by atoms with Crippen molar-refractivity contribution >= 4 is 17.5 Å². The van der Waals surface area contributed by atoms with E-state index in [0.29, 0.717) is 24.5 Å². The van der Waals surface area contributed by atoms with Crippen molar-refractivity contribution in [1.29, 1.82) is 0 Å². The zero-order chi connectivity index (χ0) is 20.7. The molecule has 1 aromatic heterocycles. The van der Waals surface area contributed by atoms with Crippen LogP contribution in [-0.2, 0) is 0 Å². The fraction of sp³-hybridized carbons (Fsp3) is 0.200. The maximum absolute atomic E-state index is 12.7. The van der Waals surface area contributed by atoms with E-state index in [4.69, 9.17) is 5.11 Å². The summed E-state index contributed by atoms with van der Waals surface area (Å²) in [6.07, 6.45) is -4.31. The first-order chi connectivity index (χ1) is 13.9. The van der Waals surface area contributed by atoms with E-state index in [0.717, 1.165) is 5.56 Å². The van der Waals surface area contributed by atoms with E-state index >= 15 is 0 Å². The van der Waals surface area contributed by atoms with Gasteiger partial charge < -0.3 is 20.5 Å². The number of alkyl halides is 3. The lowest BCUT2D eigenvalue weighted by atomic mass is 10.1. The van der Waals surface area contributed by atoms with Crippen molar-refractivity contribution in [1.82, 2.24) is 9.97 Å². The second-order valence-corrected chi connectivity index (χ2v) is 6.00. The quantitative estimate of drug-likeness (QED) is 0.477. The molecule has 0 saturated carbocycles. The number of para-hydroxylation sites is 2. The molecule has 0 spiro atoms. The number of hydrogen-bond donors (Lipinski definition) is 3. The molecule has 0 fully saturated rings. The summed E-state index contributed by atoms with van der Waals surface area (Å²) in [6.45, 7) is 0.459. The number of aliphatic hydroxyl groups is 1. The van der Waals surface area contributed by atoms with Crippen LogP contribution < -0.4 is 15.4 Å². The van der Waals surface area contributed by atoms with Gasteiger partial charge in [0, 0.05) is 24.8 Å². The Morgan fingerprint density at radius 2 is 1.69 bits per heavy atom. The monoisotopic (exact) mass is 404 g/mol. The van der Waals surface area contributed by atoms with Crippen molar-refractivity contribution in [3.63, 3.8) is 0 Å². The van der Waals surface area contributed by atoms with Crippen molar-refractivity contribution in [2.45, 2.75) is 12.8 Å². The summed E-state index contributed by atoms with van der Waals surface area (Å²) < 4.78 is 42.1. The molecule has 0 bridgehead atoms. The Bertz CT molecular complexity index is 937. The number of benzene rings is 2. The van der Waals surface area contributed by atoms with E-state index in [1.807, 2.05) is 30.3 Å². The van der Waals surface area contributed by atoms with Crippen molar-refractivity contribution in [3.05, 3.63) is 60.7 Å². The molecule has 0 unspecified atom stereocenters. The highest BCUT2D eigenvalue weighted by Crippen LogP contribution is 2.32. The van der Waals surface area contributed by atoms with Gasteiger partial charge in [-0.2, -0.15) is 4.98 Å². The highest BCUT2D eigenvalue weighted by molar-refractivity contribution is 5.69. The Morgan fingerprint density at radius 1 is 0.966 bits per heavy atom. The Balaban J connectivity index is 1.93. The van der Waals surface area contributed by atoms with E-state index in [2.05, 4.69) is 25.3 Å². The molecule has 0 aliphatic carbocycles. The number of aliphatic hydroxyl groups excluding tert-OH is 1. The second-order valence-electron chi connectivity index (χ2n) is 6.00. The first-order valence-corrected chi connectivity index (χ1v) is 8.85. The van der Waals surface area contributed by atoms with Crippen LogP contribution in [0, 0.1) is 0 Å². The van der Waals surface area contributed by atoms with E-state index in [-0.39, 0.29) is 24.0 Å². The van der Waals surface area contributed by atoms with E-state index in [1.54, 1.807) is 12.1 Å². The smallest absolute Gasteiger partial charge is 0.404 e. The van der Waals surface area contributed by atoms with Gasteiger partial charge in [-0.05, 0) is 18.6 Å². The number of anilines is 3. The van der Waals surface area contributed by atoms with Gasteiger partial charge in [0.1, 0.15) is 5.82 Å². The van der Waals surface area contributed by atoms with E-state index < -0.39 is 6.36 Å². The number of ether oxygens (including phenoxy) is 1. The summed E-state index contributed by atoms with van der Waals surface area (Å²) in [5.74, 6) is 0.217. The van der Waals surface area contributed by atoms with Crippen LogP contribution in [0.3, 0.4) is 0 Å². The lowest BCUT2D eigenvalue weighted by Gasteiger charge is -2.15. The molecule has 0 saturated heterocycles. The van der Waals surface area contributed by atoms with Gasteiger partial charge in [0.15, 0.2) is 5.75 Å². The largest absolute Gasteiger partial charge is 0.573 e. The van der Waals surface area contributed by atoms with Crippen molar-refractivity contribution in [2.24, 2.45) is 0 Å². The van der Waals surface area contributed by atoms with Gasteiger partial charge in [-0.25, -0.2) is 4.98 Å². The first kappa shape index (κ1) is 20.4. The minimum Gasteiger partial charge on any atom is -0.404 e. The predicted molar refractivity (Wildman–Crippen MR) is 104 cm³/mol. The molecule has 0 aliphatic rings. The molecule has 9 heteroatoms. The molecular formula is C20H19F3N4O2. The van der Waals surface area contributed by atoms with Gasteiger partial charge in [0.25, 0.3) is 0 Å².